The molecule has 1 N–H and O–H groups in total. The van der Waals surface area contributed by atoms with Crippen molar-refractivity contribution in [1.82, 2.24) is 9.97 Å². The lowest BCUT2D eigenvalue weighted by Crippen LogP contribution is -2.00. The average molecular weight is 300 g/mol. The molecule has 0 saturated carbocycles. The predicted molar refractivity (Wildman–Crippen MR) is 74.9 cm³/mol. The van der Waals surface area contributed by atoms with Crippen molar-refractivity contribution in [2.24, 2.45) is 0 Å². The zero-order valence-electron chi connectivity index (χ0n) is 10.3. The van der Waals surface area contributed by atoms with Crippen LogP contribution in [-0.2, 0) is 0 Å². The smallest absolute Gasteiger partial charge is 0.199 e. The molecule has 0 aliphatic carbocycles. The van der Waals surface area contributed by atoms with E-state index in [0.29, 0.717) is 28.0 Å². The Hall–Kier alpha value is -1.72. The standard InChI is InChI=1S/C12H11Cl2N3O2/c1-18-7-3-4-8(13)9(5-7)17-12-10(19-2)11(14)15-6-16-12/h3-6H,1-2H3,(H,15,16,17). The Balaban J connectivity index is 2.38. The summed E-state index contributed by atoms with van der Waals surface area (Å²) in [5.41, 5.74) is 0.633. The van der Waals surface area contributed by atoms with Crippen molar-refractivity contribution in [1.29, 1.82) is 0 Å². The summed E-state index contributed by atoms with van der Waals surface area (Å²) >= 11 is 12.0. The number of nitrogens with zero attached hydrogens (tertiary/aromatic N) is 2. The number of methoxy groups -OCH3 is 2. The first-order valence-corrected chi connectivity index (χ1v) is 6.06. The van der Waals surface area contributed by atoms with Gasteiger partial charge in [0.1, 0.15) is 12.1 Å². The Bertz CT molecular complexity index is 593. The van der Waals surface area contributed by atoms with Crippen LogP contribution in [0, 0.1) is 0 Å². The van der Waals surface area contributed by atoms with Crippen molar-refractivity contribution in [3.8, 4) is 11.5 Å². The maximum absolute atomic E-state index is 6.10. The van der Waals surface area contributed by atoms with E-state index in [0.717, 1.165) is 0 Å². The Kier molecular flexibility index (Phi) is 4.29. The molecule has 2 rings (SSSR count). The highest BCUT2D eigenvalue weighted by Gasteiger charge is 2.12. The Morgan fingerprint density at radius 2 is 1.89 bits per heavy atom. The minimum absolute atomic E-state index is 0.221. The van der Waals surface area contributed by atoms with Gasteiger partial charge in [0.2, 0.25) is 0 Å². The van der Waals surface area contributed by atoms with E-state index in [-0.39, 0.29) is 5.15 Å². The fraction of sp³-hybridized carbons (Fsp3) is 0.167. The number of halogens is 2. The van der Waals surface area contributed by atoms with Crippen LogP contribution in [0.3, 0.4) is 0 Å². The van der Waals surface area contributed by atoms with Crippen LogP contribution in [-0.4, -0.2) is 24.2 Å². The van der Waals surface area contributed by atoms with Gasteiger partial charge in [-0.3, -0.25) is 0 Å². The largest absolute Gasteiger partial charge is 0.497 e. The van der Waals surface area contributed by atoms with E-state index < -0.39 is 0 Å². The van der Waals surface area contributed by atoms with Gasteiger partial charge in [-0.15, -0.1) is 0 Å². The predicted octanol–water partition coefficient (Wildman–Crippen LogP) is 3.54. The highest BCUT2D eigenvalue weighted by Crippen LogP contribution is 2.34. The number of hydrogen-bond donors (Lipinski definition) is 1. The fourth-order valence-electron chi connectivity index (χ4n) is 1.48. The number of rotatable bonds is 4. The van der Waals surface area contributed by atoms with E-state index in [1.54, 1.807) is 25.3 Å². The van der Waals surface area contributed by atoms with Crippen LogP contribution in [0.1, 0.15) is 0 Å². The molecule has 0 aliphatic rings. The van der Waals surface area contributed by atoms with Gasteiger partial charge in [-0.1, -0.05) is 23.2 Å². The van der Waals surface area contributed by atoms with Crippen molar-refractivity contribution < 1.29 is 9.47 Å². The number of aromatic nitrogens is 2. The minimum atomic E-state index is 0.221. The number of nitrogens with one attached hydrogen (secondary N) is 1. The summed E-state index contributed by atoms with van der Waals surface area (Å²) in [6.45, 7) is 0. The van der Waals surface area contributed by atoms with Crippen molar-refractivity contribution in [3.63, 3.8) is 0 Å². The molecule has 19 heavy (non-hydrogen) atoms. The first kappa shape index (κ1) is 13.7. The topological polar surface area (TPSA) is 56.3 Å². The summed E-state index contributed by atoms with van der Waals surface area (Å²) in [4.78, 5) is 7.91. The van der Waals surface area contributed by atoms with Crippen LogP contribution in [0.15, 0.2) is 24.5 Å². The number of anilines is 2. The second-order valence-corrected chi connectivity index (χ2v) is 4.28. The second kappa shape index (κ2) is 5.95. The van der Waals surface area contributed by atoms with Crippen LogP contribution in [0.2, 0.25) is 10.2 Å². The van der Waals surface area contributed by atoms with Crippen molar-refractivity contribution in [3.05, 3.63) is 34.7 Å². The lowest BCUT2D eigenvalue weighted by Gasteiger charge is -2.12. The monoisotopic (exact) mass is 299 g/mol. The average Bonchev–Trinajstić information content (AvgIpc) is 2.41. The van der Waals surface area contributed by atoms with E-state index in [1.807, 2.05) is 0 Å². The molecule has 1 heterocycles. The highest BCUT2D eigenvalue weighted by molar-refractivity contribution is 6.33. The number of ether oxygens (including phenoxy) is 2. The quantitative estimate of drug-likeness (QED) is 0.875. The first-order valence-electron chi connectivity index (χ1n) is 5.30. The Morgan fingerprint density at radius 3 is 2.58 bits per heavy atom. The normalized spacial score (nSPS) is 10.1. The maximum atomic E-state index is 6.10. The molecule has 7 heteroatoms. The van der Waals surface area contributed by atoms with Crippen LogP contribution in [0.25, 0.3) is 0 Å². The first-order chi connectivity index (χ1) is 9.15. The fourth-order valence-corrected chi connectivity index (χ4v) is 1.85. The minimum Gasteiger partial charge on any atom is -0.497 e. The SMILES string of the molecule is COc1ccc(Cl)c(Nc2ncnc(Cl)c2OC)c1. The van der Waals surface area contributed by atoms with Gasteiger partial charge < -0.3 is 14.8 Å². The molecule has 1 aromatic carbocycles. The zero-order valence-corrected chi connectivity index (χ0v) is 11.8. The van der Waals surface area contributed by atoms with Crippen LogP contribution in [0.4, 0.5) is 11.5 Å². The van der Waals surface area contributed by atoms with Crippen molar-refractivity contribution >= 4 is 34.7 Å². The summed E-state index contributed by atoms with van der Waals surface area (Å²) in [7, 11) is 3.07. The molecule has 0 unspecified atom stereocenters. The van der Waals surface area contributed by atoms with Gasteiger partial charge in [-0.05, 0) is 12.1 Å². The lowest BCUT2D eigenvalue weighted by atomic mass is 10.3. The molecular formula is C12H11Cl2N3O2. The molecule has 0 bridgehead atoms. The molecule has 5 nitrogen and oxygen atoms in total. The molecule has 0 fully saturated rings. The van der Waals surface area contributed by atoms with Gasteiger partial charge in [0.25, 0.3) is 0 Å². The Labute approximate surface area is 120 Å². The third-order valence-corrected chi connectivity index (χ3v) is 2.99. The van der Waals surface area contributed by atoms with Gasteiger partial charge in [0.05, 0.1) is 24.9 Å². The van der Waals surface area contributed by atoms with Crippen molar-refractivity contribution in [2.75, 3.05) is 19.5 Å². The van der Waals surface area contributed by atoms with E-state index in [2.05, 4.69) is 15.3 Å². The van der Waals surface area contributed by atoms with Crippen LogP contribution in [0.5, 0.6) is 11.5 Å². The highest BCUT2D eigenvalue weighted by atomic mass is 35.5. The van der Waals surface area contributed by atoms with E-state index in [9.17, 15) is 0 Å². The van der Waals surface area contributed by atoms with Gasteiger partial charge in [0, 0.05) is 6.07 Å². The van der Waals surface area contributed by atoms with E-state index in [4.69, 9.17) is 32.7 Å². The van der Waals surface area contributed by atoms with E-state index in [1.165, 1.54) is 13.4 Å². The summed E-state index contributed by atoms with van der Waals surface area (Å²) in [5.74, 6) is 1.45. The molecule has 2 aromatic rings. The molecule has 0 saturated heterocycles. The van der Waals surface area contributed by atoms with E-state index >= 15 is 0 Å². The zero-order chi connectivity index (χ0) is 13.8. The van der Waals surface area contributed by atoms with Gasteiger partial charge >= 0.3 is 0 Å². The van der Waals surface area contributed by atoms with Crippen LogP contribution < -0.4 is 14.8 Å². The number of hydrogen-bond acceptors (Lipinski definition) is 5. The summed E-state index contributed by atoms with van der Waals surface area (Å²) in [6.07, 6.45) is 1.33. The second-order valence-electron chi connectivity index (χ2n) is 3.52. The van der Waals surface area contributed by atoms with Gasteiger partial charge in [0.15, 0.2) is 16.7 Å². The molecule has 100 valence electrons. The third kappa shape index (κ3) is 3.00. The van der Waals surface area contributed by atoms with Crippen molar-refractivity contribution in [2.45, 2.75) is 0 Å². The number of benzene rings is 1. The van der Waals surface area contributed by atoms with Gasteiger partial charge in [-0.2, -0.15) is 0 Å². The summed E-state index contributed by atoms with van der Waals surface area (Å²) in [6, 6.07) is 5.23. The third-order valence-electron chi connectivity index (χ3n) is 2.39. The summed E-state index contributed by atoms with van der Waals surface area (Å²) in [5, 5.41) is 3.78. The maximum Gasteiger partial charge on any atom is 0.199 e. The molecular weight excluding hydrogens is 289 g/mol. The van der Waals surface area contributed by atoms with Crippen LogP contribution >= 0.6 is 23.2 Å². The summed E-state index contributed by atoms with van der Waals surface area (Å²) < 4.78 is 10.3. The molecule has 0 spiro atoms. The molecule has 0 aliphatic heterocycles. The Morgan fingerprint density at radius 1 is 1.11 bits per heavy atom. The van der Waals surface area contributed by atoms with Gasteiger partial charge in [-0.25, -0.2) is 9.97 Å². The molecule has 0 atom stereocenters. The molecule has 1 aromatic heterocycles. The molecule has 0 amide bonds. The lowest BCUT2D eigenvalue weighted by molar-refractivity contribution is 0.413. The molecule has 0 radical (unpaired) electrons.